The van der Waals surface area contributed by atoms with Crippen LogP contribution in [0, 0.1) is 6.92 Å². The van der Waals surface area contributed by atoms with Gasteiger partial charge < -0.3 is 10.6 Å². The number of benzene rings is 1. The van der Waals surface area contributed by atoms with Gasteiger partial charge in [-0.25, -0.2) is 9.67 Å². The van der Waals surface area contributed by atoms with Gasteiger partial charge in [0, 0.05) is 38.3 Å². The van der Waals surface area contributed by atoms with Gasteiger partial charge in [0.15, 0.2) is 0 Å². The van der Waals surface area contributed by atoms with Crippen LogP contribution in [0.3, 0.4) is 0 Å². The van der Waals surface area contributed by atoms with E-state index in [0.29, 0.717) is 37.3 Å². The van der Waals surface area contributed by atoms with Gasteiger partial charge in [-0.05, 0) is 30.7 Å². The van der Waals surface area contributed by atoms with Crippen LogP contribution in [0.2, 0.25) is 0 Å². The van der Waals surface area contributed by atoms with Crippen molar-refractivity contribution in [1.29, 1.82) is 0 Å². The first-order valence-electron chi connectivity index (χ1n) is 8.61. The minimum Gasteiger partial charge on any atom is -0.350 e. The normalized spacial score (nSPS) is 16.9. The third kappa shape index (κ3) is 4.64. The van der Waals surface area contributed by atoms with Crippen LogP contribution in [0.5, 0.6) is 0 Å². The monoisotopic (exact) mass is 382 g/mol. The minimum atomic E-state index is -4.41. The molecule has 1 aliphatic heterocycles. The van der Waals surface area contributed by atoms with Gasteiger partial charge in [0.05, 0.1) is 5.69 Å². The third-order valence-electron chi connectivity index (χ3n) is 4.56. The lowest BCUT2D eigenvalue weighted by molar-refractivity contribution is -0.183. The molecule has 1 amide bonds. The summed E-state index contributed by atoms with van der Waals surface area (Å²) in [5, 5.41) is 9.48. The van der Waals surface area contributed by atoms with E-state index in [1.165, 1.54) is 17.6 Å². The zero-order valence-corrected chi connectivity index (χ0v) is 14.8. The summed E-state index contributed by atoms with van der Waals surface area (Å²) in [7, 11) is 0. The second-order valence-corrected chi connectivity index (χ2v) is 6.39. The maximum Gasteiger partial charge on any atom is 0.405 e. The van der Waals surface area contributed by atoms with Gasteiger partial charge in [-0.1, -0.05) is 0 Å². The molecule has 1 saturated heterocycles. The van der Waals surface area contributed by atoms with Crippen molar-refractivity contribution in [1.82, 2.24) is 30.3 Å². The minimum absolute atomic E-state index is 0.297. The molecular weight excluding hydrogens is 361 g/mol. The number of carbonyl (C=O) groups is 1. The molecule has 2 aromatic rings. The highest BCUT2D eigenvalue weighted by Crippen LogP contribution is 2.25. The Hall–Kier alpha value is -2.46. The predicted octanol–water partition coefficient (Wildman–Crippen LogP) is 1.14. The zero-order chi connectivity index (χ0) is 19.4. The maximum absolute atomic E-state index is 13.4. The van der Waals surface area contributed by atoms with Crippen molar-refractivity contribution < 1.29 is 18.0 Å². The Morgan fingerprint density at radius 2 is 2.07 bits per heavy atom. The fourth-order valence-electron chi connectivity index (χ4n) is 3.12. The quantitative estimate of drug-likeness (QED) is 0.811. The molecule has 7 nitrogen and oxygen atoms in total. The topological polar surface area (TPSA) is 75.1 Å². The van der Waals surface area contributed by atoms with E-state index in [9.17, 15) is 18.0 Å². The molecule has 0 aliphatic carbocycles. The molecule has 1 atom stereocenters. The van der Waals surface area contributed by atoms with Gasteiger partial charge in [0.1, 0.15) is 18.7 Å². The molecule has 1 unspecified atom stereocenters. The molecule has 0 saturated carbocycles. The van der Waals surface area contributed by atoms with E-state index in [1.807, 2.05) is 0 Å². The van der Waals surface area contributed by atoms with E-state index < -0.39 is 24.7 Å². The summed E-state index contributed by atoms with van der Waals surface area (Å²) in [5.41, 5.74) is 1.70. The highest BCUT2D eigenvalue weighted by Gasteiger charge is 2.43. The van der Waals surface area contributed by atoms with Crippen molar-refractivity contribution in [3.05, 3.63) is 42.0 Å². The number of amides is 1. The highest BCUT2D eigenvalue weighted by molar-refractivity contribution is 5.95. The Labute approximate surface area is 154 Å². The molecule has 1 aliphatic rings. The largest absolute Gasteiger partial charge is 0.405 e. The first-order valence-corrected chi connectivity index (χ1v) is 8.61. The average molecular weight is 382 g/mol. The molecule has 1 aromatic carbocycles. The van der Waals surface area contributed by atoms with E-state index >= 15 is 0 Å². The number of aryl methyl sites for hydroxylation is 1. The van der Waals surface area contributed by atoms with Gasteiger partial charge in [0.25, 0.3) is 5.91 Å². The first kappa shape index (κ1) is 19.3. The van der Waals surface area contributed by atoms with Crippen molar-refractivity contribution in [2.75, 3.05) is 32.7 Å². The number of carbonyl (C=O) groups excluding carboxylic acids is 1. The average Bonchev–Trinajstić information content (AvgIpc) is 3.16. The number of hydrogen-bond acceptors (Lipinski definition) is 5. The number of hydrogen-bond donors (Lipinski definition) is 2. The smallest absolute Gasteiger partial charge is 0.350 e. The molecule has 2 N–H and O–H groups in total. The summed E-state index contributed by atoms with van der Waals surface area (Å²) < 4.78 is 41.8. The third-order valence-corrected chi connectivity index (χ3v) is 4.56. The molecule has 0 spiro atoms. The van der Waals surface area contributed by atoms with Crippen molar-refractivity contribution in [2.24, 2.45) is 0 Å². The second-order valence-electron chi connectivity index (χ2n) is 6.39. The molecule has 2 heterocycles. The van der Waals surface area contributed by atoms with Gasteiger partial charge in [0.2, 0.25) is 0 Å². The van der Waals surface area contributed by atoms with E-state index in [1.54, 1.807) is 29.8 Å². The molecule has 1 aromatic heterocycles. The van der Waals surface area contributed by atoms with Gasteiger partial charge >= 0.3 is 6.18 Å². The molecule has 0 radical (unpaired) electrons. The maximum atomic E-state index is 13.4. The van der Waals surface area contributed by atoms with Crippen molar-refractivity contribution in [3.8, 4) is 5.69 Å². The molecule has 3 rings (SSSR count). The highest BCUT2D eigenvalue weighted by atomic mass is 19.4. The van der Waals surface area contributed by atoms with Crippen molar-refractivity contribution in [3.63, 3.8) is 0 Å². The Balaban J connectivity index is 1.68. The van der Waals surface area contributed by atoms with Crippen LogP contribution in [-0.4, -0.2) is 70.5 Å². The predicted molar refractivity (Wildman–Crippen MR) is 92.7 cm³/mol. The number of piperazine rings is 1. The van der Waals surface area contributed by atoms with Crippen LogP contribution in [0.4, 0.5) is 13.2 Å². The number of alkyl halides is 3. The fraction of sp³-hybridized carbons (Fsp3) is 0.471. The molecule has 0 bridgehead atoms. The van der Waals surface area contributed by atoms with Gasteiger partial charge in [-0.3, -0.25) is 9.69 Å². The van der Waals surface area contributed by atoms with Crippen LogP contribution < -0.4 is 10.6 Å². The van der Waals surface area contributed by atoms with Crippen LogP contribution in [-0.2, 0) is 0 Å². The van der Waals surface area contributed by atoms with Crippen molar-refractivity contribution in [2.45, 2.75) is 19.1 Å². The molecule has 27 heavy (non-hydrogen) atoms. The number of aromatic nitrogens is 3. The van der Waals surface area contributed by atoms with Crippen molar-refractivity contribution >= 4 is 5.91 Å². The lowest BCUT2D eigenvalue weighted by Crippen LogP contribution is -2.57. The summed E-state index contributed by atoms with van der Waals surface area (Å²) in [4.78, 5) is 17.7. The molecular formula is C17H21F3N6O. The van der Waals surface area contributed by atoms with Gasteiger partial charge in [-0.2, -0.15) is 18.3 Å². The number of halogens is 3. The lowest BCUT2D eigenvalue weighted by Gasteiger charge is -2.35. The van der Waals surface area contributed by atoms with Crippen LogP contribution >= 0.6 is 0 Å². The summed E-state index contributed by atoms with van der Waals surface area (Å²) in [5.74, 6) is -0.526. The van der Waals surface area contributed by atoms with Crippen LogP contribution in [0.15, 0.2) is 30.9 Å². The Bertz CT molecular complexity index is 771. The fourth-order valence-corrected chi connectivity index (χ4v) is 3.12. The first-order chi connectivity index (χ1) is 12.9. The van der Waals surface area contributed by atoms with Gasteiger partial charge in [-0.15, -0.1) is 0 Å². The standard InChI is InChI=1S/C17H21F3N6O/c1-12-8-13(26-11-22-10-24-26)2-3-14(12)16(27)23-9-15(17(18,19)20)25-6-4-21-5-7-25/h2-3,8,10-11,15,21H,4-7,9H2,1H3,(H,23,27). The summed E-state index contributed by atoms with van der Waals surface area (Å²) in [6.45, 7) is 2.85. The molecule has 1 fully saturated rings. The lowest BCUT2D eigenvalue weighted by atomic mass is 10.1. The summed E-state index contributed by atoms with van der Waals surface area (Å²) in [6, 6.07) is 3.29. The van der Waals surface area contributed by atoms with E-state index in [4.69, 9.17) is 0 Å². The molecule has 10 heteroatoms. The summed E-state index contributed by atoms with van der Waals surface area (Å²) >= 11 is 0. The zero-order valence-electron chi connectivity index (χ0n) is 14.8. The molecule has 146 valence electrons. The Kier molecular flexibility index (Phi) is 5.76. The Morgan fingerprint density at radius 1 is 1.33 bits per heavy atom. The SMILES string of the molecule is Cc1cc(-n2cncn2)ccc1C(=O)NCC(N1CCNCC1)C(F)(F)F. The second kappa shape index (κ2) is 8.05. The van der Waals surface area contributed by atoms with E-state index in [2.05, 4.69) is 20.7 Å². The Morgan fingerprint density at radius 3 is 2.67 bits per heavy atom. The van der Waals surface area contributed by atoms with Crippen LogP contribution in [0.25, 0.3) is 5.69 Å². The van der Waals surface area contributed by atoms with E-state index in [-0.39, 0.29) is 0 Å². The summed E-state index contributed by atoms with van der Waals surface area (Å²) in [6.07, 6.45) is -1.49. The number of nitrogens with one attached hydrogen (secondary N) is 2. The van der Waals surface area contributed by atoms with Crippen LogP contribution in [0.1, 0.15) is 15.9 Å². The number of nitrogens with zero attached hydrogens (tertiary/aromatic N) is 4. The number of rotatable bonds is 5. The van der Waals surface area contributed by atoms with E-state index in [0.717, 1.165) is 5.69 Å².